The second-order valence-corrected chi connectivity index (χ2v) is 13.2. The topological polar surface area (TPSA) is 4.93 Å². The molecule has 8 aromatic carbocycles. The molecule has 0 bridgehead atoms. The first-order valence-electron chi connectivity index (χ1n) is 15.8. The van der Waals surface area contributed by atoms with Crippen LogP contribution in [0.15, 0.2) is 174 Å². The van der Waals surface area contributed by atoms with Crippen LogP contribution in [0.5, 0.6) is 0 Å². The number of benzene rings is 8. The number of rotatable bonds is 3. The van der Waals surface area contributed by atoms with Gasteiger partial charge in [0, 0.05) is 31.6 Å². The van der Waals surface area contributed by atoms with E-state index in [2.05, 4.69) is 168 Å². The molecule has 1 aliphatic rings. The highest BCUT2D eigenvalue weighted by molar-refractivity contribution is 7.99. The van der Waals surface area contributed by atoms with E-state index >= 15 is 0 Å². The van der Waals surface area contributed by atoms with Gasteiger partial charge in [-0.25, -0.2) is 0 Å². The molecule has 0 aliphatic carbocycles. The smallest absolute Gasteiger partial charge is 0.0547 e. The summed E-state index contributed by atoms with van der Waals surface area (Å²) in [6, 6.07) is 60.1. The van der Waals surface area contributed by atoms with E-state index in [0.717, 1.165) is 0 Å². The fourth-order valence-corrected chi connectivity index (χ4v) is 8.64. The maximum atomic E-state index is 2.39. The Labute approximate surface area is 271 Å². The van der Waals surface area contributed by atoms with Gasteiger partial charge in [-0.05, 0) is 92.0 Å². The molecule has 0 atom stereocenters. The van der Waals surface area contributed by atoms with Crippen molar-refractivity contribution in [3.8, 4) is 39.1 Å². The van der Waals surface area contributed by atoms with Crippen LogP contribution >= 0.6 is 11.8 Å². The van der Waals surface area contributed by atoms with Crippen LogP contribution in [-0.4, -0.2) is 4.57 Å². The van der Waals surface area contributed by atoms with Crippen molar-refractivity contribution >= 4 is 55.1 Å². The highest BCUT2D eigenvalue weighted by atomic mass is 32.2. The summed E-state index contributed by atoms with van der Waals surface area (Å²) in [6.07, 6.45) is 0. The van der Waals surface area contributed by atoms with Crippen LogP contribution in [0.25, 0.3) is 82.4 Å². The molecule has 0 unspecified atom stereocenters. The number of aromatic nitrogens is 1. The minimum absolute atomic E-state index is 1.18. The average molecular weight is 602 g/mol. The summed E-state index contributed by atoms with van der Waals surface area (Å²) >= 11 is 1.88. The maximum absolute atomic E-state index is 2.39. The molecule has 0 radical (unpaired) electrons. The molecule has 0 N–H and O–H groups in total. The van der Waals surface area contributed by atoms with Gasteiger partial charge in [-0.3, -0.25) is 0 Å². The zero-order valence-electron chi connectivity index (χ0n) is 24.9. The highest BCUT2D eigenvalue weighted by Crippen LogP contribution is 2.49. The minimum atomic E-state index is 1.18. The van der Waals surface area contributed by atoms with Crippen molar-refractivity contribution in [1.82, 2.24) is 4.57 Å². The van der Waals surface area contributed by atoms with Crippen molar-refractivity contribution in [2.45, 2.75) is 9.79 Å². The molecule has 1 aromatic heterocycles. The predicted molar refractivity (Wildman–Crippen MR) is 196 cm³/mol. The lowest BCUT2D eigenvalue weighted by atomic mass is 9.91. The van der Waals surface area contributed by atoms with Crippen LogP contribution in [-0.2, 0) is 0 Å². The SMILES string of the molecule is c1ccc(-n2c3ccccc3c3c4ccc(-c5ccc(-c6ccc7c8c(cccc68)-c6ccccc6S7)cc5)cc4ccc32)cc1. The van der Waals surface area contributed by atoms with Crippen LogP contribution in [0, 0.1) is 0 Å². The molecule has 0 amide bonds. The molecule has 9 aromatic rings. The number of para-hydroxylation sites is 2. The molecule has 2 heteroatoms. The molecule has 46 heavy (non-hydrogen) atoms. The van der Waals surface area contributed by atoms with Crippen molar-refractivity contribution in [3.05, 3.63) is 164 Å². The summed E-state index contributed by atoms with van der Waals surface area (Å²) in [6.45, 7) is 0. The Morgan fingerprint density at radius 2 is 1.11 bits per heavy atom. The lowest BCUT2D eigenvalue weighted by Crippen LogP contribution is -1.94. The van der Waals surface area contributed by atoms with E-state index in [0.29, 0.717) is 0 Å². The molecule has 1 nitrogen and oxygen atoms in total. The molecular weight excluding hydrogens is 575 g/mol. The van der Waals surface area contributed by atoms with Crippen LogP contribution in [0.1, 0.15) is 0 Å². The van der Waals surface area contributed by atoms with Gasteiger partial charge in [0.05, 0.1) is 11.0 Å². The van der Waals surface area contributed by atoms with Crippen molar-refractivity contribution in [2.24, 2.45) is 0 Å². The van der Waals surface area contributed by atoms with E-state index in [9.17, 15) is 0 Å². The summed E-state index contributed by atoms with van der Waals surface area (Å²) in [5.41, 5.74) is 11.3. The molecule has 214 valence electrons. The molecular formula is C44H27NS. The zero-order valence-corrected chi connectivity index (χ0v) is 25.8. The van der Waals surface area contributed by atoms with E-state index in [4.69, 9.17) is 0 Å². The Balaban J connectivity index is 1.07. The van der Waals surface area contributed by atoms with Crippen LogP contribution in [0.2, 0.25) is 0 Å². The van der Waals surface area contributed by atoms with Crippen LogP contribution in [0.4, 0.5) is 0 Å². The summed E-state index contributed by atoms with van der Waals surface area (Å²) in [7, 11) is 0. The van der Waals surface area contributed by atoms with Gasteiger partial charge in [-0.2, -0.15) is 0 Å². The van der Waals surface area contributed by atoms with Gasteiger partial charge >= 0.3 is 0 Å². The van der Waals surface area contributed by atoms with Gasteiger partial charge < -0.3 is 4.57 Å². The van der Waals surface area contributed by atoms with Crippen molar-refractivity contribution in [1.29, 1.82) is 0 Å². The number of fused-ring (bicyclic) bond motifs is 7. The third-order valence-electron chi connectivity index (χ3n) is 9.60. The predicted octanol–water partition coefficient (Wildman–Crippen LogP) is 12.6. The fourth-order valence-electron chi connectivity index (χ4n) is 7.51. The highest BCUT2D eigenvalue weighted by Gasteiger charge is 2.20. The molecule has 10 rings (SSSR count). The Hall–Kier alpha value is -5.57. The largest absolute Gasteiger partial charge is 0.309 e. The van der Waals surface area contributed by atoms with Crippen LogP contribution < -0.4 is 0 Å². The second kappa shape index (κ2) is 9.97. The number of nitrogens with zero attached hydrogens (tertiary/aromatic N) is 1. The number of hydrogen-bond donors (Lipinski definition) is 0. The van der Waals surface area contributed by atoms with Gasteiger partial charge in [-0.1, -0.05) is 133 Å². The molecule has 1 aliphatic heterocycles. The molecule has 0 saturated heterocycles. The standard InChI is InChI=1S/C44H27NS/c1-2-9-32(10-3-1)45-39-15-6-4-12-38(39)43-34-23-21-30(27-31(34)22-25-40(43)45)28-17-19-29(20-18-28)33-24-26-42-44-36(33)13-8-14-37(44)35-11-5-7-16-41(35)46-42/h1-27H. The Morgan fingerprint density at radius 3 is 2.02 bits per heavy atom. The Morgan fingerprint density at radius 1 is 0.370 bits per heavy atom. The van der Waals surface area contributed by atoms with Gasteiger partial charge in [0.15, 0.2) is 0 Å². The van der Waals surface area contributed by atoms with Crippen molar-refractivity contribution in [3.63, 3.8) is 0 Å². The van der Waals surface area contributed by atoms with E-state index < -0.39 is 0 Å². The molecule has 0 saturated carbocycles. The lowest BCUT2D eigenvalue weighted by Gasteiger charge is -2.21. The second-order valence-electron chi connectivity index (χ2n) is 12.1. The third-order valence-corrected chi connectivity index (χ3v) is 10.7. The first kappa shape index (κ1) is 25.7. The van der Waals surface area contributed by atoms with E-state index in [1.807, 2.05) is 11.8 Å². The van der Waals surface area contributed by atoms with Crippen LogP contribution in [0.3, 0.4) is 0 Å². The quantitative estimate of drug-likeness (QED) is 0.195. The summed E-state index contributed by atoms with van der Waals surface area (Å²) in [5, 5.41) is 7.81. The van der Waals surface area contributed by atoms with Gasteiger partial charge in [0.25, 0.3) is 0 Å². The van der Waals surface area contributed by atoms with Gasteiger partial charge in [0.1, 0.15) is 0 Å². The molecule has 0 fully saturated rings. The summed E-state index contributed by atoms with van der Waals surface area (Å²) in [5.74, 6) is 0. The van der Waals surface area contributed by atoms with E-state index in [1.165, 1.54) is 92.2 Å². The monoisotopic (exact) mass is 601 g/mol. The van der Waals surface area contributed by atoms with E-state index in [-0.39, 0.29) is 0 Å². The summed E-state index contributed by atoms with van der Waals surface area (Å²) < 4.78 is 2.39. The van der Waals surface area contributed by atoms with Crippen molar-refractivity contribution in [2.75, 3.05) is 0 Å². The third kappa shape index (κ3) is 3.77. The zero-order chi connectivity index (χ0) is 30.2. The maximum Gasteiger partial charge on any atom is 0.0547 e. The summed E-state index contributed by atoms with van der Waals surface area (Å²) in [4.78, 5) is 2.67. The minimum Gasteiger partial charge on any atom is -0.309 e. The lowest BCUT2D eigenvalue weighted by molar-refractivity contribution is 1.18. The number of hydrogen-bond acceptors (Lipinski definition) is 1. The first-order chi connectivity index (χ1) is 22.8. The van der Waals surface area contributed by atoms with Crippen molar-refractivity contribution < 1.29 is 0 Å². The van der Waals surface area contributed by atoms with Gasteiger partial charge in [-0.15, -0.1) is 0 Å². The first-order valence-corrected chi connectivity index (χ1v) is 16.6. The molecule has 0 spiro atoms. The Kier molecular flexibility index (Phi) is 5.58. The van der Waals surface area contributed by atoms with Gasteiger partial charge in [0.2, 0.25) is 0 Å². The molecule has 2 heterocycles. The Bertz CT molecular complexity index is 2650. The average Bonchev–Trinajstić information content (AvgIpc) is 3.47. The normalized spacial score (nSPS) is 12.3. The fraction of sp³-hybridized carbons (Fsp3) is 0. The van der Waals surface area contributed by atoms with E-state index in [1.54, 1.807) is 0 Å².